The van der Waals surface area contributed by atoms with Gasteiger partial charge >= 0.3 is 17.9 Å². The van der Waals surface area contributed by atoms with Gasteiger partial charge in [0.2, 0.25) is 6.10 Å². The van der Waals surface area contributed by atoms with Crippen molar-refractivity contribution in [1.82, 2.24) is 5.32 Å². The smallest absolute Gasteiger partial charge is 0.303 e. The Kier molecular flexibility index (Phi) is 4.85. The van der Waals surface area contributed by atoms with Crippen LogP contribution >= 0.6 is 0 Å². The Balaban J connectivity index is 2.79. The standard InChI is InChI=1S/C11H15NO7/c1-5(13)17-4-8-9(18-6(2)14)10(11(16)12-8)19-7(3)15/h8-10H,4H2,1-3H3,(H,12,16). The summed E-state index contributed by atoms with van der Waals surface area (Å²) < 4.78 is 14.5. The molecule has 0 bridgehead atoms. The largest absolute Gasteiger partial charge is 0.464 e. The van der Waals surface area contributed by atoms with Crippen molar-refractivity contribution in [1.29, 1.82) is 0 Å². The summed E-state index contributed by atoms with van der Waals surface area (Å²) in [7, 11) is 0. The Hall–Kier alpha value is -2.12. The first-order chi connectivity index (χ1) is 8.81. The summed E-state index contributed by atoms with van der Waals surface area (Å²) in [6.45, 7) is 3.34. The van der Waals surface area contributed by atoms with Gasteiger partial charge in [-0.25, -0.2) is 0 Å². The third-order valence-electron chi connectivity index (χ3n) is 2.34. The third-order valence-corrected chi connectivity index (χ3v) is 2.34. The van der Waals surface area contributed by atoms with Gasteiger partial charge in [-0.05, 0) is 0 Å². The topological polar surface area (TPSA) is 108 Å². The number of nitrogens with one attached hydrogen (secondary N) is 1. The molecule has 1 heterocycles. The van der Waals surface area contributed by atoms with Crippen LogP contribution in [0.5, 0.6) is 0 Å². The van der Waals surface area contributed by atoms with Gasteiger partial charge in [0, 0.05) is 20.8 Å². The molecule has 0 aromatic heterocycles. The van der Waals surface area contributed by atoms with Gasteiger partial charge < -0.3 is 19.5 Å². The summed E-state index contributed by atoms with van der Waals surface area (Å²) in [6, 6.07) is -0.746. The molecule has 0 saturated carbocycles. The van der Waals surface area contributed by atoms with Crippen molar-refractivity contribution < 1.29 is 33.4 Å². The molecule has 19 heavy (non-hydrogen) atoms. The average molecular weight is 273 g/mol. The van der Waals surface area contributed by atoms with Gasteiger partial charge in [0.05, 0.1) is 0 Å². The maximum atomic E-state index is 11.6. The van der Waals surface area contributed by atoms with E-state index in [2.05, 4.69) is 5.32 Å². The highest BCUT2D eigenvalue weighted by molar-refractivity contribution is 5.87. The number of rotatable bonds is 4. The molecule has 8 nitrogen and oxygen atoms in total. The van der Waals surface area contributed by atoms with Crippen molar-refractivity contribution in [3.05, 3.63) is 0 Å². The minimum absolute atomic E-state index is 0.170. The van der Waals surface area contributed by atoms with E-state index in [0.717, 1.165) is 13.8 Å². The quantitative estimate of drug-likeness (QED) is 0.512. The van der Waals surface area contributed by atoms with E-state index in [-0.39, 0.29) is 6.61 Å². The summed E-state index contributed by atoms with van der Waals surface area (Å²) >= 11 is 0. The van der Waals surface area contributed by atoms with Gasteiger partial charge in [-0.3, -0.25) is 19.2 Å². The SMILES string of the molecule is CC(=O)OCC1NC(=O)C(OC(C)=O)C1OC(C)=O. The molecule has 0 spiro atoms. The molecule has 0 aromatic carbocycles. The summed E-state index contributed by atoms with van der Waals surface area (Å²) in [5, 5.41) is 2.45. The van der Waals surface area contributed by atoms with E-state index in [1.54, 1.807) is 0 Å². The predicted molar refractivity (Wildman–Crippen MR) is 59.7 cm³/mol. The summed E-state index contributed by atoms with van der Waals surface area (Å²) in [6.07, 6.45) is -2.25. The molecule has 0 radical (unpaired) electrons. The first-order valence-electron chi connectivity index (χ1n) is 5.59. The monoisotopic (exact) mass is 273 g/mol. The molecule has 1 rings (SSSR count). The fourth-order valence-electron chi connectivity index (χ4n) is 1.69. The van der Waals surface area contributed by atoms with Crippen LogP contribution in [0.3, 0.4) is 0 Å². The Morgan fingerprint density at radius 1 is 1.05 bits per heavy atom. The molecule has 0 aliphatic carbocycles. The Morgan fingerprint density at radius 3 is 2.11 bits per heavy atom. The van der Waals surface area contributed by atoms with Gasteiger partial charge in [-0.1, -0.05) is 0 Å². The molecular weight excluding hydrogens is 258 g/mol. The predicted octanol–water partition coefficient (Wildman–Crippen LogP) is -1.09. The van der Waals surface area contributed by atoms with E-state index in [9.17, 15) is 19.2 Å². The zero-order chi connectivity index (χ0) is 14.6. The number of carbonyl (C=O) groups is 4. The molecule has 1 fully saturated rings. The highest BCUT2D eigenvalue weighted by Crippen LogP contribution is 2.18. The minimum atomic E-state index is -1.23. The highest BCUT2D eigenvalue weighted by Gasteiger charge is 2.47. The van der Waals surface area contributed by atoms with E-state index in [1.807, 2.05) is 0 Å². The van der Waals surface area contributed by atoms with E-state index in [4.69, 9.17) is 14.2 Å². The Labute approximate surface area is 109 Å². The van der Waals surface area contributed by atoms with Crippen LogP contribution in [0.25, 0.3) is 0 Å². The number of esters is 3. The molecule has 1 aliphatic rings. The number of ether oxygens (including phenoxy) is 3. The molecule has 3 unspecified atom stereocenters. The highest BCUT2D eigenvalue weighted by atomic mass is 16.6. The van der Waals surface area contributed by atoms with Crippen molar-refractivity contribution in [2.45, 2.75) is 39.0 Å². The molecule has 0 aromatic rings. The van der Waals surface area contributed by atoms with Gasteiger partial charge in [0.1, 0.15) is 12.6 Å². The molecule has 106 valence electrons. The third kappa shape index (κ3) is 4.23. The van der Waals surface area contributed by atoms with Gasteiger partial charge in [-0.2, -0.15) is 0 Å². The van der Waals surface area contributed by atoms with Crippen molar-refractivity contribution in [2.75, 3.05) is 6.61 Å². The van der Waals surface area contributed by atoms with Crippen LogP contribution < -0.4 is 5.32 Å². The van der Waals surface area contributed by atoms with E-state index in [1.165, 1.54) is 6.92 Å². The summed E-state index contributed by atoms with van der Waals surface area (Å²) in [4.78, 5) is 44.3. The number of hydrogen-bond donors (Lipinski definition) is 1. The molecule has 8 heteroatoms. The van der Waals surface area contributed by atoms with Crippen LogP contribution in [0.4, 0.5) is 0 Å². The molecule has 1 amide bonds. The zero-order valence-electron chi connectivity index (χ0n) is 10.8. The van der Waals surface area contributed by atoms with Crippen LogP contribution in [0.1, 0.15) is 20.8 Å². The second-order valence-corrected chi connectivity index (χ2v) is 4.02. The fourth-order valence-corrected chi connectivity index (χ4v) is 1.69. The lowest BCUT2D eigenvalue weighted by Crippen LogP contribution is -2.41. The van der Waals surface area contributed by atoms with Gasteiger partial charge in [0.15, 0.2) is 6.10 Å². The Bertz CT molecular complexity index is 406. The number of amides is 1. The van der Waals surface area contributed by atoms with Crippen molar-refractivity contribution in [2.24, 2.45) is 0 Å². The molecular formula is C11H15NO7. The summed E-state index contributed by atoms with van der Waals surface area (Å²) in [5.74, 6) is -2.44. The Morgan fingerprint density at radius 2 is 1.63 bits per heavy atom. The molecule has 1 saturated heterocycles. The van der Waals surface area contributed by atoms with Crippen LogP contribution in [-0.4, -0.2) is 48.7 Å². The van der Waals surface area contributed by atoms with Crippen molar-refractivity contribution in [3.8, 4) is 0 Å². The van der Waals surface area contributed by atoms with Crippen LogP contribution in [0.2, 0.25) is 0 Å². The average Bonchev–Trinajstić information content (AvgIpc) is 2.53. The van der Waals surface area contributed by atoms with Crippen molar-refractivity contribution >= 4 is 23.8 Å². The lowest BCUT2D eigenvalue weighted by atomic mass is 10.1. The van der Waals surface area contributed by atoms with E-state index < -0.39 is 42.1 Å². The van der Waals surface area contributed by atoms with Crippen LogP contribution in [0, 0.1) is 0 Å². The van der Waals surface area contributed by atoms with Crippen molar-refractivity contribution in [3.63, 3.8) is 0 Å². The zero-order valence-corrected chi connectivity index (χ0v) is 10.8. The maximum Gasteiger partial charge on any atom is 0.303 e. The molecule has 3 atom stereocenters. The number of carbonyl (C=O) groups excluding carboxylic acids is 4. The van der Waals surface area contributed by atoms with Crippen LogP contribution in [0.15, 0.2) is 0 Å². The normalized spacial score (nSPS) is 25.4. The molecule has 1 aliphatic heterocycles. The van der Waals surface area contributed by atoms with Gasteiger partial charge in [0.25, 0.3) is 5.91 Å². The van der Waals surface area contributed by atoms with E-state index >= 15 is 0 Å². The van der Waals surface area contributed by atoms with E-state index in [0.29, 0.717) is 0 Å². The van der Waals surface area contributed by atoms with Gasteiger partial charge in [-0.15, -0.1) is 0 Å². The first kappa shape index (κ1) is 14.9. The first-order valence-corrected chi connectivity index (χ1v) is 5.59. The fraction of sp³-hybridized carbons (Fsp3) is 0.636. The summed E-state index contributed by atoms with van der Waals surface area (Å²) in [5.41, 5.74) is 0. The second kappa shape index (κ2) is 6.17. The number of hydrogen-bond acceptors (Lipinski definition) is 7. The molecule has 1 N–H and O–H groups in total. The lowest BCUT2D eigenvalue weighted by molar-refractivity contribution is -0.166. The maximum absolute atomic E-state index is 11.6. The second-order valence-electron chi connectivity index (χ2n) is 4.02. The van der Waals surface area contributed by atoms with Crippen LogP contribution in [-0.2, 0) is 33.4 Å². The minimum Gasteiger partial charge on any atom is -0.464 e. The lowest BCUT2D eigenvalue weighted by Gasteiger charge is -2.21.